The van der Waals surface area contributed by atoms with Crippen molar-refractivity contribution in [2.45, 2.75) is 52.1 Å². The van der Waals surface area contributed by atoms with Crippen LogP contribution in [0.3, 0.4) is 0 Å². The van der Waals surface area contributed by atoms with Gasteiger partial charge in [-0.1, -0.05) is 26.8 Å². The first-order valence-electron chi connectivity index (χ1n) is 6.83. The summed E-state index contributed by atoms with van der Waals surface area (Å²) in [5.74, 6) is 0.484. The smallest absolute Gasteiger partial charge is 0.222 e. The van der Waals surface area contributed by atoms with Gasteiger partial charge in [-0.2, -0.15) is 0 Å². The molecule has 0 saturated carbocycles. The average Bonchev–Trinajstić information content (AvgIpc) is 2.34. The van der Waals surface area contributed by atoms with Crippen molar-refractivity contribution in [2.24, 2.45) is 17.4 Å². The van der Waals surface area contributed by atoms with Crippen LogP contribution in [0.15, 0.2) is 12.7 Å². The maximum absolute atomic E-state index is 12.0. The van der Waals surface area contributed by atoms with Crippen LogP contribution < -0.4 is 11.5 Å². The summed E-state index contributed by atoms with van der Waals surface area (Å²) in [6.45, 7) is 11.2. The number of hydrogen-bond donors (Lipinski definition) is 2. The van der Waals surface area contributed by atoms with Gasteiger partial charge in [-0.25, -0.2) is 0 Å². The molecule has 0 aliphatic carbocycles. The van der Waals surface area contributed by atoms with Gasteiger partial charge in [-0.05, 0) is 18.8 Å². The molecule has 2 atom stereocenters. The van der Waals surface area contributed by atoms with Crippen molar-refractivity contribution in [3.63, 3.8) is 0 Å². The Morgan fingerprint density at radius 1 is 1.39 bits per heavy atom. The standard InChI is InChI=1S/C14H29N3O/c1-5-9-17(10-6-2)13(18)8-7-12(15)14(16)11(3)4/h5,11-12,14H,1,6-10,15-16H2,2-4H3/t12-,14?/m1/s1. The first-order valence-corrected chi connectivity index (χ1v) is 6.83. The molecule has 0 aromatic rings. The Morgan fingerprint density at radius 3 is 2.44 bits per heavy atom. The minimum Gasteiger partial charge on any atom is -0.339 e. The summed E-state index contributed by atoms with van der Waals surface area (Å²) < 4.78 is 0. The Bertz CT molecular complexity index is 253. The number of carbonyl (C=O) groups is 1. The highest BCUT2D eigenvalue weighted by atomic mass is 16.2. The van der Waals surface area contributed by atoms with Crippen molar-refractivity contribution in [3.8, 4) is 0 Å². The molecule has 0 bridgehead atoms. The molecule has 0 radical (unpaired) electrons. The zero-order valence-corrected chi connectivity index (χ0v) is 12.1. The van der Waals surface area contributed by atoms with Gasteiger partial charge in [0.05, 0.1) is 0 Å². The Hall–Kier alpha value is -0.870. The van der Waals surface area contributed by atoms with Crippen molar-refractivity contribution < 1.29 is 4.79 Å². The third-order valence-electron chi connectivity index (χ3n) is 3.15. The second-order valence-corrected chi connectivity index (χ2v) is 5.15. The first-order chi connectivity index (χ1) is 8.43. The number of carbonyl (C=O) groups excluding carboxylic acids is 1. The van der Waals surface area contributed by atoms with Crippen molar-refractivity contribution in [2.75, 3.05) is 13.1 Å². The quantitative estimate of drug-likeness (QED) is 0.613. The lowest BCUT2D eigenvalue weighted by Gasteiger charge is -2.25. The lowest BCUT2D eigenvalue weighted by molar-refractivity contribution is -0.130. The van der Waals surface area contributed by atoms with E-state index in [4.69, 9.17) is 11.5 Å². The fourth-order valence-electron chi connectivity index (χ4n) is 1.88. The van der Waals surface area contributed by atoms with Gasteiger partial charge in [0.25, 0.3) is 0 Å². The van der Waals surface area contributed by atoms with E-state index in [-0.39, 0.29) is 18.0 Å². The summed E-state index contributed by atoms with van der Waals surface area (Å²) in [6.07, 6.45) is 3.83. The largest absolute Gasteiger partial charge is 0.339 e. The molecule has 0 aliphatic heterocycles. The van der Waals surface area contributed by atoms with Crippen LogP contribution in [0.4, 0.5) is 0 Å². The molecule has 0 aliphatic rings. The lowest BCUT2D eigenvalue weighted by Crippen LogP contribution is -2.45. The zero-order valence-electron chi connectivity index (χ0n) is 12.1. The fourth-order valence-corrected chi connectivity index (χ4v) is 1.88. The van der Waals surface area contributed by atoms with Gasteiger partial charge in [0.15, 0.2) is 0 Å². The van der Waals surface area contributed by atoms with E-state index in [9.17, 15) is 4.79 Å². The molecule has 0 heterocycles. The molecule has 1 unspecified atom stereocenters. The van der Waals surface area contributed by atoms with E-state index in [2.05, 4.69) is 13.5 Å². The number of rotatable bonds is 9. The average molecular weight is 255 g/mol. The Morgan fingerprint density at radius 2 is 2.00 bits per heavy atom. The van der Waals surface area contributed by atoms with Crippen LogP contribution in [-0.2, 0) is 4.79 Å². The normalized spacial score (nSPS) is 14.3. The molecule has 4 nitrogen and oxygen atoms in total. The molecule has 4 heteroatoms. The number of nitrogens with two attached hydrogens (primary N) is 2. The van der Waals surface area contributed by atoms with Gasteiger partial charge in [0.1, 0.15) is 0 Å². The molecule has 4 N–H and O–H groups in total. The molecule has 0 saturated heterocycles. The molecule has 1 amide bonds. The number of nitrogens with zero attached hydrogens (tertiary/aromatic N) is 1. The molecule has 106 valence electrons. The molecule has 0 aromatic heterocycles. The second kappa shape index (κ2) is 9.11. The summed E-state index contributed by atoms with van der Waals surface area (Å²) in [7, 11) is 0. The molecule has 0 rings (SSSR count). The first kappa shape index (κ1) is 17.1. The van der Waals surface area contributed by atoms with Crippen LogP contribution in [-0.4, -0.2) is 36.0 Å². The number of hydrogen-bond acceptors (Lipinski definition) is 3. The van der Waals surface area contributed by atoms with Crippen LogP contribution in [0.2, 0.25) is 0 Å². The summed E-state index contributed by atoms with van der Waals surface area (Å²) in [5.41, 5.74) is 12.0. The summed E-state index contributed by atoms with van der Waals surface area (Å²) >= 11 is 0. The lowest BCUT2D eigenvalue weighted by atomic mass is 9.94. The minimum atomic E-state index is -0.110. The molecular weight excluding hydrogens is 226 g/mol. The van der Waals surface area contributed by atoms with Crippen molar-refractivity contribution in [1.29, 1.82) is 0 Å². The summed E-state index contributed by atoms with van der Waals surface area (Å²) in [6, 6.07) is -0.155. The van der Waals surface area contributed by atoms with Gasteiger partial charge >= 0.3 is 0 Å². The second-order valence-electron chi connectivity index (χ2n) is 5.15. The van der Waals surface area contributed by atoms with E-state index in [1.165, 1.54) is 0 Å². The SMILES string of the molecule is C=CCN(CCC)C(=O)CC[C@@H](N)C(N)C(C)C. The molecule has 0 aromatic carbocycles. The third kappa shape index (κ3) is 6.17. The monoisotopic (exact) mass is 255 g/mol. The van der Waals surface area contributed by atoms with E-state index in [0.29, 0.717) is 25.3 Å². The van der Waals surface area contributed by atoms with Gasteiger partial charge in [0.2, 0.25) is 5.91 Å². The predicted molar refractivity (Wildman–Crippen MR) is 77.1 cm³/mol. The van der Waals surface area contributed by atoms with Gasteiger partial charge in [-0.3, -0.25) is 4.79 Å². The molecular formula is C14H29N3O. The topological polar surface area (TPSA) is 72.3 Å². The summed E-state index contributed by atoms with van der Waals surface area (Å²) in [4.78, 5) is 13.8. The van der Waals surface area contributed by atoms with E-state index in [1.54, 1.807) is 6.08 Å². The summed E-state index contributed by atoms with van der Waals surface area (Å²) in [5, 5.41) is 0. The van der Waals surface area contributed by atoms with Crippen LogP contribution in [0.5, 0.6) is 0 Å². The third-order valence-corrected chi connectivity index (χ3v) is 3.15. The highest BCUT2D eigenvalue weighted by molar-refractivity contribution is 5.76. The van der Waals surface area contributed by atoms with Gasteiger partial charge in [0, 0.05) is 31.6 Å². The van der Waals surface area contributed by atoms with Crippen molar-refractivity contribution in [1.82, 2.24) is 4.90 Å². The zero-order chi connectivity index (χ0) is 14.1. The predicted octanol–water partition coefficient (Wildman–Crippen LogP) is 1.50. The Labute approximate surface area is 111 Å². The van der Waals surface area contributed by atoms with E-state index in [1.807, 2.05) is 18.7 Å². The molecule has 18 heavy (non-hydrogen) atoms. The maximum Gasteiger partial charge on any atom is 0.222 e. The minimum absolute atomic E-state index is 0.0446. The Kier molecular flexibility index (Phi) is 8.67. The van der Waals surface area contributed by atoms with E-state index in [0.717, 1.165) is 13.0 Å². The number of amides is 1. The molecule has 0 fully saturated rings. The highest BCUT2D eigenvalue weighted by Crippen LogP contribution is 2.08. The maximum atomic E-state index is 12.0. The van der Waals surface area contributed by atoms with E-state index < -0.39 is 0 Å². The van der Waals surface area contributed by atoms with Crippen molar-refractivity contribution in [3.05, 3.63) is 12.7 Å². The van der Waals surface area contributed by atoms with E-state index >= 15 is 0 Å². The Balaban J connectivity index is 4.17. The van der Waals surface area contributed by atoms with Crippen LogP contribution >= 0.6 is 0 Å². The van der Waals surface area contributed by atoms with Gasteiger partial charge < -0.3 is 16.4 Å². The van der Waals surface area contributed by atoms with Gasteiger partial charge in [-0.15, -0.1) is 6.58 Å². The fraction of sp³-hybridized carbons (Fsp3) is 0.786. The van der Waals surface area contributed by atoms with Crippen molar-refractivity contribution >= 4 is 5.91 Å². The molecule has 0 spiro atoms. The highest BCUT2D eigenvalue weighted by Gasteiger charge is 2.19. The van der Waals surface area contributed by atoms with Crippen LogP contribution in [0.25, 0.3) is 0 Å². The van der Waals surface area contributed by atoms with Crippen LogP contribution in [0, 0.1) is 5.92 Å². The van der Waals surface area contributed by atoms with Crippen LogP contribution in [0.1, 0.15) is 40.0 Å².